The molecule has 0 amide bonds. The van der Waals surface area contributed by atoms with Gasteiger partial charge < -0.3 is 16.0 Å². The second kappa shape index (κ2) is 10.7. The largest absolute Gasteiger partial charge is 0.357 e. The lowest BCUT2D eigenvalue weighted by Gasteiger charge is -2.38. The summed E-state index contributed by atoms with van der Waals surface area (Å²) in [6.45, 7) is 15.8. The van der Waals surface area contributed by atoms with Gasteiger partial charge in [-0.25, -0.2) is 0 Å². The van der Waals surface area contributed by atoms with Gasteiger partial charge in [-0.05, 0) is 53.0 Å². The third-order valence-corrected chi connectivity index (χ3v) is 4.96. The minimum Gasteiger partial charge on any atom is -0.357 e. The van der Waals surface area contributed by atoms with Crippen LogP contribution in [0.2, 0.25) is 0 Å². The molecule has 1 aromatic carbocycles. The van der Waals surface area contributed by atoms with Crippen LogP contribution in [-0.2, 0) is 6.54 Å². The zero-order valence-corrected chi connectivity index (χ0v) is 17.9. The first-order valence-electron chi connectivity index (χ1n) is 10.4. The van der Waals surface area contributed by atoms with E-state index in [2.05, 4.69) is 85.8 Å². The number of hydrogen-bond donors (Lipinski definition) is 3. The van der Waals surface area contributed by atoms with Gasteiger partial charge in [0.25, 0.3) is 0 Å². The predicted octanol–water partition coefficient (Wildman–Crippen LogP) is 2.98. The molecule has 2 atom stereocenters. The van der Waals surface area contributed by atoms with Gasteiger partial charge in [0.05, 0.1) is 6.54 Å². The molecule has 0 bridgehead atoms. The normalized spacial score (nSPS) is 21.9. The summed E-state index contributed by atoms with van der Waals surface area (Å²) in [5.41, 5.74) is 1.54. The highest BCUT2D eigenvalue weighted by molar-refractivity contribution is 5.80. The van der Waals surface area contributed by atoms with Crippen molar-refractivity contribution in [3.8, 4) is 0 Å². The average molecular weight is 374 g/mol. The summed E-state index contributed by atoms with van der Waals surface area (Å²) in [7, 11) is 0. The molecule has 1 heterocycles. The number of hydrogen-bond acceptors (Lipinski definition) is 3. The summed E-state index contributed by atoms with van der Waals surface area (Å²) in [5, 5.41) is 10.5. The van der Waals surface area contributed by atoms with Gasteiger partial charge in [-0.15, -0.1) is 0 Å². The van der Waals surface area contributed by atoms with E-state index in [0.29, 0.717) is 12.1 Å². The number of nitrogens with zero attached hydrogens (tertiary/aromatic N) is 2. The molecule has 3 N–H and O–H groups in total. The number of rotatable bonds is 7. The first-order valence-corrected chi connectivity index (χ1v) is 10.4. The Labute approximate surface area is 166 Å². The van der Waals surface area contributed by atoms with Crippen molar-refractivity contribution in [2.24, 2.45) is 4.99 Å². The molecule has 0 radical (unpaired) electrons. The summed E-state index contributed by atoms with van der Waals surface area (Å²) >= 11 is 0. The predicted molar refractivity (Wildman–Crippen MR) is 116 cm³/mol. The molecule has 0 aliphatic carbocycles. The maximum atomic E-state index is 4.74. The van der Waals surface area contributed by atoms with Crippen molar-refractivity contribution < 1.29 is 0 Å². The van der Waals surface area contributed by atoms with E-state index in [9.17, 15) is 0 Å². The van der Waals surface area contributed by atoms with E-state index in [1.165, 1.54) is 5.56 Å². The number of nitrogens with one attached hydrogen (secondary N) is 3. The van der Waals surface area contributed by atoms with E-state index >= 15 is 0 Å². The number of guanidine groups is 1. The van der Waals surface area contributed by atoms with E-state index in [-0.39, 0.29) is 5.54 Å². The first-order chi connectivity index (χ1) is 12.9. The monoisotopic (exact) mass is 373 g/mol. The van der Waals surface area contributed by atoms with Crippen LogP contribution in [0.3, 0.4) is 0 Å². The second-order valence-corrected chi connectivity index (χ2v) is 8.61. The molecule has 0 aromatic heterocycles. The van der Waals surface area contributed by atoms with Crippen LogP contribution in [0.5, 0.6) is 0 Å². The molecule has 5 heteroatoms. The van der Waals surface area contributed by atoms with Crippen LogP contribution < -0.4 is 16.0 Å². The number of piperidine rings is 1. The molecule has 152 valence electrons. The standard InChI is InChI=1S/C22H39N5/c1-6-23-21(24-13-14-25-22(3,4)5)26-20-12-15-27(18(2)16-20)17-19-10-8-7-9-11-19/h7-11,18,20,25H,6,12-17H2,1-5H3,(H2,23,24,26). The topological polar surface area (TPSA) is 51.7 Å². The Kier molecular flexibility index (Phi) is 8.58. The van der Waals surface area contributed by atoms with Gasteiger partial charge in [0.1, 0.15) is 0 Å². The molecule has 0 saturated carbocycles. The Bertz CT molecular complexity index is 564. The van der Waals surface area contributed by atoms with Crippen molar-refractivity contribution in [3.05, 3.63) is 35.9 Å². The van der Waals surface area contributed by atoms with Gasteiger partial charge in [-0.2, -0.15) is 0 Å². The maximum absolute atomic E-state index is 4.74. The minimum absolute atomic E-state index is 0.141. The van der Waals surface area contributed by atoms with Crippen LogP contribution in [0.4, 0.5) is 0 Å². The molecule has 1 aliphatic heterocycles. The molecular formula is C22H39N5. The summed E-state index contributed by atoms with van der Waals surface area (Å²) in [6, 6.07) is 11.8. The van der Waals surface area contributed by atoms with Gasteiger partial charge >= 0.3 is 0 Å². The number of aliphatic imine (C=N–C) groups is 1. The van der Waals surface area contributed by atoms with Crippen LogP contribution >= 0.6 is 0 Å². The van der Waals surface area contributed by atoms with Gasteiger partial charge in [0.15, 0.2) is 5.96 Å². The molecule has 1 aromatic rings. The fourth-order valence-corrected chi connectivity index (χ4v) is 3.52. The molecule has 27 heavy (non-hydrogen) atoms. The van der Waals surface area contributed by atoms with Crippen molar-refractivity contribution >= 4 is 5.96 Å². The Morgan fingerprint density at radius 3 is 2.59 bits per heavy atom. The van der Waals surface area contributed by atoms with Gasteiger partial charge in [-0.1, -0.05) is 30.3 Å². The van der Waals surface area contributed by atoms with Gasteiger partial charge in [0.2, 0.25) is 0 Å². The third kappa shape index (κ3) is 8.31. The summed E-state index contributed by atoms with van der Waals surface area (Å²) in [6.07, 6.45) is 2.30. The molecule has 2 unspecified atom stereocenters. The van der Waals surface area contributed by atoms with E-state index < -0.39 is 0 Å². The Morgan fingerprint density at radius 2 is 1.96 bits per heavy atom. The Morgan fingerprint density at radius 1 is 1.22 bits per heavy atom. The quantitative estimate of drug-likeness (QED) is 0.391. The first kappa shape index (κ1) is 21.7. The molecule has 1 fully saturated rings. The van der Waals surface area contributed by atoms with Crippen LogP contribution in [0.25, 0.3) is 0 Å². The molecule has 2 rings (SSSR count). The lowest BCUT2D eigenvalue weighted by Crippen LogP contribution is -2.51. The third-order valence-electron chi connectivity index (χ3n) is 4.96. The zero-order valence-electron chi connectivity index (χ0n) is 17.9. The van der Waals surface area contributed by atoms with Crippen molar-refractivity contribution in [2.45, 2.75) is 71.6 Å². The van der Waals surface area contributed by atoms with Crippen LogP contribution in [-0.4, -0.2) is 54.7 Å². The molecule has 0 spiro atoms. The number of benzene rings is 1. The van der Waals surface area contributed by atoms with Crippen molar-refractivity contribution in [1.29, 1.82) is 0 Å². The van der Waals surface area contributed by atoms with E-state index in [0.717, 1.165) is 51.5 Å². The Hall–Kier alpha value is -1.59. The smallest absolute Gasteiger partial charge is 0.191 e. The van der Waals surface area contributed by atoms with Gasteiger partial charge in [0, 0.05) is 43.8 Å². The summed E-state index contributed by atoms with van der Waals surface area (Å²) in [5.74, 6) is 0.946. The summed E-state index contributed by atoms with van der Waals surface area (Å²) in [4.78, 5) is 7.33. The zero-order chi connectivity index (χ0) is 19.7. The van der Waals surface area contributed by atoms with Crippen molar-refractivity contribution in [1.82, 2.24) is 20.9 Å². The van der Waals surface area contributed by atoms with Crippen molar-refractivity contribution in [3.63, 3.8) is 0 Å². The highest BCUT2D eigenvalue weighted by atomic mass is 15.2. The molecular weight excluding hydrogens is 334 g/mol. The number of likely N-dealkylation sites (tertiary alicyclic amines) is 1. The van der Waals surface area contributed by atoms with Crippen LogP contribution in [0.1, 0.15) is 53.0 Å². The molecule has 1 saturated heterocycles. The lowest BCUT2D eigenvalue weighted by molar-refractivity contribution is 0.134. The fraction of sp³-hybridized carbons (Fsp3) is 0.682. The van der Waals surface area contributed by atoms with Crippen LogP contribution in [0, 0.1) is 0 Å². The second-order valence-electron chi connectivity index (χ2n) is 8.61. The fourth-order valence-electron chi connectivity index (χ4n) is 3.52. The van der Waals surface area contributed by atoms with Crippen molar-refractivity contribution in [2.75, 3.05) is 26.2 Å². The Balaban J connectivity index is 1.81. The maximum Gasteiger partial charge on any atom is 0.191 e. The SMILES string of the molecule is CCNC(=NCCNC(C)(C)C)NC1CCN(Cc2ccccc2)C(C)C1. The van der Waals surface area contributed by atoms with E-state index in [4.69, 9.17) is 4.99 Å². The van der Waals surface area contributed by atoms with E-state index in [1.54, 1.807) is 0 Å². The summed E-state index contributed by atoms with van der Waals surface area (Å²) < 4.78 is 0. The minimum atomic E-state index is 0.141. The van der Waals surface area contributed by atoms with Crippen LogP contribution in [0.15, 0.2) is 35.3 Å². The van der Waals surface area contributed by atoms with E-state index in [1.807, 2.05) is 0 Å². The molecule has 1 aliphatic rings. The highest BCUT2D eigenvalue weighted by Gasteiger charge is 2.25. The van der Waals surface area contributed by atoms with Gasteiger partial charge in [-0.3, -0.25) is 9.89 Å². The molecule has 5 nitrogen and oxygen atoms in total. The highest BCUT2D eigenvalue weighted by Crippen LogP contribution is 2.19. The average Bonchev–Trinajstić information content (AvgIpc) is 2.61. The lowest BCUT2D eigenvalue weighted by atomic mass is 9.97.